The topological polar surface area (TPSA) is 99.9 Å². The number of amides is 1. The SMILES string of the molecule is C/C=C/C(=O)Nc1cccc(Oc2nc(Nc3cccc(C#N)c3)nc3ccsc23)c1. The summed E-state index contributed by atoms with van der Waals surface area (Å²) in [5.41, 5.74) is 2.60. The molecule has 2 heterocycles. The second-order valence-electron chi connectivity index (χ2n) is 6.42. The Morgan fingerprint density at radius 2 is 1.97 bits per heavy atom. The number of fused-ring (bicyclic) bond motifs is 1. The number of carbonyl (C=O) groups excluding carboxylic acids is 1. The van der Waals surface area contributed by atoms with Crippen molar-refractivity contribution in [2.24, 2.45) is 0 Å². The molecule has 0 aliphatic rings. The van der Waals surface area contributed by atoms with Crippen LogP contribution < -0.4 is 15.4 Å². The molecule has 4 aromatic rings. The van der Waals surface area contributed by atoms with E-state index in [-0.39, 0.29) is 5.91 Å². The Kier molecular flexibility index (Phi) is 5.87. The third kappa shape index (κ3) is 4.86. The Morgan fingerprint density at radius 3 is 2.81 bits per heavy atom. The lowest BCUT2D eigenvalue weighted by Crippen LogP contribution is -2.07. The lowest BCUT2D eigenvalue weighted by atomic mass is 10.2. The molecule has 0 saturated heterocycles. The summed E-state index contributed by atoms with van der Waals surface area (Å²) in [6.45, 7) is 1.78. The van der Waals surface area contributed by atoms with E-state index < -0.39 is 0 Å². The van der Waals surface area contributed by atoms with E-state index in [1.54, 1.807) is 55.5 Å². The highest BCUT2D eigenvalue weighted by molar-refractivity contribution is 7.17. The number of nitrogens with one attached hydrogen (secondary N) is 2. The van der Waals surface area contributed by atoms with Gasteiger partial charge >= 0.3 is 0 Å². The highest BCUT2D eigenvalue weighted by Crippen LogP contribution is 2.33. The molecular formula is C23H17N5O2S. The van der Waals surface area contributed by atoms with Crippen molar-refractivity contribution in [1.82, 2.24) is 9.97 Å². The summed E-state index contributed by atoms with van der Waals surface area (Å²) >= 11 is 1.48. The molecule has 31 heavy (non-hydrogen) atoms. The van der Waals surface area contributed by atoms with Gasteiger partial charge in [0.25, 0.3) is 0 Å². The summed E-state index contributed by atoms with van der Waals surface area (Å²) in [5.74, 6) is 1.07. The summed E-state index contributed by atoms with van der Waals surface area (Å²) in [6.07, 6.45) is 3.12. The van der Waals surface area contributed by atoms with Crippen LogP contribution in [0.4, 0.5) is 17.3 Å². The van der Waals surface area contributed by atoms with Crippen LogP contribution in [0.5, 0.6) is 11.6 Å². The summed E-state index contributed by atoms with van der Waals surface area (Å²) in [5, 5.41) is 16.9. The number of carbonyl (C=O) groups is 1. The number of hydrogen-bond acceptors (Lipinski definition) is 7. The number of rotatable bonds is 6. The van der Waals surface area contributed by atoms with Crippen molar-refractivity contribution in [2.75, 3.05) is 10.6 Å². The molecule has 2 N–H and O–H groups in total. The second-order valence-corrected chi connectivity index (χ2v) is 7.34. The fourth-order valence-electron chi connectivity index (χ4n) is 2.84. The molecule has 0 bridgehead atoms. The molecule has 0 saturated carbocycles. The van der Waals surface area contributed by atoms with Gasteiger partial charge in [0.15, 0.2) is 0 Å². The number of hydrogen-bond donors (Lipinski definition) is 2. The van der Waals surface area contributed by atoms with Crippen LogP contribution in [0.3, 0.4) is 0 Å². The highest BCUT2D eigenvalue weighted by atomic mass is 32.1. The molecule has 0 atom stereocenters. The fourth-order valence-corrected chi connectivity index (χ4v) is 3.60. The smallest absolute Gasteiger partial charge is 0.248 e. The van der Waals surface area contributed by atoms with Gasteiger partial charge in [0, 0.05) is 17.4 Å². The second kappa shape index (κ2) is 9.07. The number of allylic oxidation sites excluding steroid dienone is 1. The molecule has 0 aliphatic carbocycles. The molecule has 0 radical (unpaired) electrons. The zero-order valence-corrected chi connectivity index (χ0v) is 17.3. The van der Waals surface area contributed by atoms with E-state index in [9.17, 15) is 4.79 Å². The van der Waals surface area contributed by atoms with Crippen LogP contribution in [0, 0.1) is 11.3 Å². The van der Waals surface area contributed by atoms with Gasteiger partial charge in [0.2, 0.25) is 17.7 Å². The molecule has 152 valence electrons. The standard InChI is InChI=1S/C23H17N5O2S/c1-2-5-20(29)25-17-8-4-9-18(13-17)30-22-21-19(10-11-31-21)27-23(28-22)26-16-7-3-6-15(12-16)14-24/h2-13H,1H3,(H,25,29)(H,26,27,28)/b5-2+. The Labute approximate surface area is 182 Å². The molecule has 0 fully saturated rings. The van der Waals surface area contributed by atoms with Crippen molar-refractivity contribution in [1.29, 1.82) is 5.26 Å². The van der Waals surface area contributed by atoms with E-state index in [4.69, 9.17) is 10.00 Å². The average molecular weight is 427 g/mol. The zero-order valence-electron chi connectivity index (χ0n) is 16.5. The molecule has 2 aromatic heterocycles. The zero-order chi connectivity index (χ0) is 21.6. The van der Waals surface area contributed by atoms with Gasteiger partial charge in [0.1, 0.15) is 10.4 Å². The Bertz CT molecular complexity index is 1320. The summed E-state index contributed by atoms with van der Waals surface area (Å²) in [6, 6.07) is 18.2. The van der Waals surface area contributed by atoms with Crippen LogP contribution in [0.25, 0.3) is 10.2 Å². The average Bonchev–Trinajstić information content (AvgIpc) is 3.23. The van der Waals surface area contributed by atoms with Crippen LogP contribution in [0.2, 0.25) is 0 Å². The number of benzene rings is 2. The van der Waals surface area contributed by atoms with Crippen LogP contribution in [-0.4, -0.2) is 15.9 Å². The van der Waals surface area contributed by atoms with Crippen molar-refractivity contribution in [3.8, 4) is 17.7 Å². The lowest BCUT2D eigenvalue weighted by molar-refractivity contribution is -0.111. The monoisotopic (exact) mass is 427 g/mol. The molecule has 2 aromatic carbocycles. The first-order valence-corrected chi connectivity index (χ1v) is 10.3. The molecule has 1 amide bonds. The maximum absolute atomic E-state index is 11.8. The third-order valence-corrected chi connectivity index (χ3v) is 5.05. The number of nitriles is 1. The van der Waals surface area contributed by atoms with E-state index >= 15 is 0 Å². The predicted molar refractivity (Wildman–Crippen MR) is 122 cm³/mol. The van der Waals surface area contributed by atoms with Crippen LogP contribution in [-0.2, 0) is 4.79 Å². The van der Waals surface area contributed by atoms with E-state index in [0.29, 0.717) is 34.5 Å². The third-order valence-electron chi connectivity index (χ3n) is 4.15. The van der Waals surface area contributed by atoms with E-state index in [1.165, 1.54) is 17.4 Å². The fraction of sp³-hybridized carbons (Fsp3) is 0.0435. The maximum atomic E-state index is 11.8. The van der Waals surface area contributed by atoms with Gasteiger partial charge in [-0.05, 0) is 54.8 Å². The van der Waals surface area contributed by atoms with E-state index in [1.807, 2.05) is 17.5 Å². The van der Waals surface area contributed by atoms with Crippen molar-refractivity contribution in [3.05, 3.63) is 77.7 Å². The number of nitrogens with zero attached hydrogens (tertiary/aromatic N) is 3. The summed E-state index contributed by atoms with van der Waals surface area (Å²) in [7, 11) is 0. The molecule has 7 nitrogen and oxygen atoms in total. The number of anilines is 3. The van der Waals surface area contributed by atoms with Gasteiger partial charge in [0.05, 0.1) is 17.1 Å². The normalized spacial score (nSPS) is 10.7. The Balaban J connectivity index is 1.63. The Morgan fingerprint density at radius 1 is 1.13 bits per heavy atom. The van der Waals surface area contributed by atoms with Gasteiger partial charge in [-0.1, -0.05) is 18.2 Å². The number of ether oxygens (including phenoxy) is 1. The molecule has 4 rings (SSSR count). The van der Waals surface area contributed by atoms with Crippen molar-refractivity contribution < 1.29 is 9.53 Å². The number of aromatic nitrogens is 2. The first-order valence-electron chi connectivity index (χ1n) is 9.38. The summed E-state index contributed by atoms with van der Waals surface area (Å²) < 4.78 is 6.86. The first kappa shape index (κ1) is 20.1. The minimum Gasteiger partial charge on any atom is -0.437 e. The minimum atomic E-state index is -0.214. The largest absolute Gasteiger partial charge is 0.437 e. The van der Waals surface area contributed by atoms with Gasteiger partial charge in [-0.25, -0.2) is 4.98 Å². The molecule has 0 unspecified atom stereocenters. The molecule has 0 aliphatic heterocycles. The van der Waals surface area contributed by atoms with Crippen molar-refractivity contribution in [2.45, 2.75) is 6.92 Å². The minimum absolute atomic E-state index is 0.214. The van der Waals surface area contributed by atoms with Crippen LogP contribution >= 0.6 is 11.3 Å². The lowest BCUT2D eigenvalue weighted by Gasteiger charge is -2.10. The molecular weight excluding hydrogens is 410 g/mol. The first-order chi connectivity index (χ1) is 15.1. The van der Waals surface area contributed by atoms with Crippen molar-refractivity contribution >= 4 is 44.8 Å². The molecule has 0 spiro atoms. The van der Waals surface area contributed by atoms with E-state index in [2.05, 4.69) is 26.7 Å². The quantitative estimate of drug-likeness (QED) is 0.388. The van der Waals surface area contributed by atoms with Gasteiger partial charge in [-0.15, -0.1) is 11.3 Å². The number of thiophene rings is 1. The van der Waals surface area contributed by atoms with Gasteiger partial charge in [-0.2, -0.15) is 10.2 Å². The van der Waals surface area contributed by atoms with Crippen LogP contribution in [0.1, 0.15) is 12.5 Å². The maximum Gasteiger partial charge on any atom is 0.248 e. The van der Waals surface area contributed by atoms with Gasteiger partial charge in [-0.3, -0.25) is 4.79 Å². The van der Waals surface area contributed by atoms with Gasteiger partial charge < -0.3 is 15.4 Å². The molecule has 8 heteroatoms. The highest BCUT2D eigenvalue weighted by Gasteiger charge is 2.12. The van der Waals surface area contributed by atoms with Crippen molar-refractivity contribution in [3.63, 3.8) is 0 Å². The van der Waals surface area contributed by atoms with E-state index in [0.717, 1.165) is 10.2 Å². The van der Waals surface area contributed by atoms with Crippen LogP contribution in [0.15, 0.2) is 72.1 Å². The predicted octanol–water partition coefficient (Wildman–Crippen LogP) is 5.61. The Hall–Kier alpha value is -4.22. The summed E-state index contributed by atoms with van der Waals surface area (Å²) in [4.78, 5) is 20.9.